The average molecular weight is 314 g/mol. The molecule has 5 heteroatoms. The summed E-state index contributed by atoms with van der Waals surface area (Å²) < 4.78 is 11.5. The minimum Gasteiger partial charge on any atom is -0.451 e. The second-order valence-electron chi connectivity index (χ2n) is 6.21. The summed E-state index contributed by atoms with van der Waals surface area (Å²) in [5.74, 6) is 0.912. The smallest absolute Gasteiger partial charge is 0.289 e. The highest BCUT2D eigenvalue weighted by molar-refractivity contribution is 5.92. The summed E-state index contributed by atoms with van der Waals surface area (Å²) in [5, 5.41) is 0. The molecular formula is C18H22N2O3. The Labute approximate surface area is 136 Å². The second-order valence-corrected chi connectivity index (χ2v) is 6.21. The van der Waals surface area contributed by atoms with Crippen molar-refractivity contribution < 1.29 is 13.9 Å². The Balaban J connectivity index is 1.84. The Kier molecular flexibility index (Phi) is 4.13. The van der Waals surface area contributed by atoms with E-state index >= 15 is 0 Å². The highest BCUT2D eigenvalue weighted by Crippen LogP contribution is 2.28. The van der Waals surface area contributed by atoms with Crippen molar-refractivity contribution in [3.63, 3.8) is 0 Å². The molecule has 2 N–H and O–H groups in total. The Bertz CT molecular complexity index is 713. The molecule has 5 nitrogen and oxygen atoms in total. The van der Waals surface area contributed by atoms with E-state index in [-0.39, 0.29) is 18.1 Å². The molecule has 0 aliphatic carbocycles. The molecule has 122 valence electrons. The van der Waals surface area contributed by atoms with Crippen LogP contribution in [0.4, 0.5) is 5.69 Å². The molecule has 2 aromatic rings. The van der Waals surface area contributed by atoms with Gasteiger partial charge in [-0.05, 0) is 50.6 Å². The number of aryl methyl sites for hydroxylation is 1. The molecule has 1 aliphatic heterocycles. The first-order valence-electron chi connectivity index (χ1n) is 7.85. The number of hydrogen-bond donors (Lipinski definition) is 1. The Morgan fingerprint density at radius 2 is 1.87 bits per heavy atom. The van der Waals surface area contributed by atoms with E-state index in [1.807, 2.05) is 45.0 Å². The van der Waals surface area contributed by atoms with Crippen LogP contribution in [0.2, 0.25) is 0 Å². The largest absolute Gasteiger partial charge is 0.451 e. The Morgan fingerprint density at radius 3 is 2.57 bits per heavy atom. The third-order valence-electron chi connectivity index (χ3n) is 4.05. The van der Waals surface area contributed by atoms with Gasteiger partial charge in [0.2, 0.25) is 0 Å². The molecule has 1 aromatic carbocycles. The minimum atomic E-state index is -0.0974. The van der Waals surface area contributed by atoms with E-state index in [4.69, 9.17) is 14.9 Å². The van der Waals surface area contributed by atoms with E-state index in [0.717, 1.165) is 11.1 Å². The van der Waals surface area contributed by atoms with Crippen molar-refractivity contribution in [2.75, 3.05) is 18.8 Å². The molecule has 2 atom stereocenters. The maximum Gasteiger partial charge on any atom is 0.289 e. The quantitative estimate of drug-likeness (QED) is 0.865. The van der Waals surface area contributed by atoms with Gasteiger partial charge in [0.15, 0.2) is 5.76 Å². The van der Waals surface area contributed by atoms with Gasteiger partial charge in [0, 0.05) is 24.3 Å². The van der Waals surface area contributed by atoms with E-state index in [1.54, 1.807) is 11.0 Å². The van der Waals surface area contributed by atoms with Crippen LogP contribution in [0.5, 0.6) is 0 Å². The van der Waals surface area contributed by atoms with Gasteiger partial charge in [-0.3, -0.25) is 4.79 Å². The van der Waals surface area contributed by atoms with E-state index < -0.39 is 0 Å². The average Bonchev–Trinajstić information content (AvgIpc) is 2.97. The van der Waals surface area contributed by atoms with Crippen molar-refractivity contribution in [3.8, 4) is 11.3 Å². The van der Waals surface area contributed by atoms with E-state index in [1.165, 1.54) is 0 Å². The lowest BCUT2D eigenvalue weighted by atomic mass is 10.1. The van der Waals surface area contributed by atoms with Gasteiger partial charge in [-0.2, -0.15) is 0 Å². The summed E-state index contributed by atoms with van der Waals surface area (Å²) in [6.45, 7) is 7.09. The van der Waals surface area contributed by atoms with Crippen LogP contribution < -0.4 is 5.73 Å². The maximum absolute atomic E-state index is 12.6. The number of anilines is 1. The number of nitrogens with two attached hydrogens (primary N) is 1. The molecule has 0 bridgehead atoms. The van der Waals surface area contributed by atoms with Crippen LogP contribution in [0.25, 0.3) is 11.3 Å². The first kappa shape index (κ1) is 15.6. The van der Waals surface area contributed by atoms with Gasteiger partial charge in [0.25, 0.3) is 5.91 Å². The molecule has 0 spiro atoms. The summed E-state index contributed by atoms with van der Waals surface area (Å²) >= 11 is 0. The molecule has 23 heavy (non-hydrogen) atoms. The molecule has 1 fully saturated rings. The minimum absolute atomic E-state index is 0.0355. The molecule has 0 radical (unpaired) electrons. The molecule has 1 aromatic heterocycles. The monoisotopic (exact) mass is 314 g/mol. The maximum atomic E-state index is 12.6. The fourth-order valence-electron chi connectivity index (χ4n) is 3.00. The van der Waals surface area contributed by atoms with E-state index in [0.29, 0.717) is 30.3 Å². The summed E-state index contributed by atoms with van der Waals surface area (Å²) in [7, 11) is 0. The van der Waals surface area contributed by atoms with E-state index in [2.05, 4.69) is 0 Å². The molecule has 1 amide bonds. The van der Waals surface area contributed by atoms with Gasteiger partial charge >= 0.3 is 0 Å². The van der Waals surface area contributed by atoms with Crippen molar-refractivity contribution in [3.05, 3.63) is 41.7 Å². The first-order valence-corrected chi connectivity index (χ1v) is 7.85. The Hall–Kier alpha value is -2.27. The zero-order valence-electron chi connectivity index (χ0n) is 13.7. The summed E-state index contributed by atoms with van der Waals surface area (Å²) in [4.78, 5) is 14.4. The van der Waals surface area contributed by atoms with Gasteiger partial charge in [0.05, 0.1) is 12.2 Å². The Morgan fingerprint density at radius 1 is 1.17 bits per heavy atom. The molecular weight excluding hydrogens is 292 g/mol. The molecule has 1 aliphatic rings. The second kappa shape index (κ2) is 6.08. The van der Waals surface area contributed by atoms with Crippen LogP contribution in [0.15, 0.2) is 34.7 Å². The number of nitrogens with zero attached hydrogens (tertiary/aromatic N) is 1. The number of morpholine rings is 1. The summed E-state index contributed by atoms with van der Waals surface area (Å²) in [6.07, 6.45) is 0.0709. The number of benzene rings is 1. The SMILES string of the molecule is Cc1ccc(N)cc1-c1ccc(C(=O)N2C[C@H](C)O[C@@H](C)C2)o1. The zero-order chi connectivity index (χ0) is 16.6. The fraction of sp³-hybridized carbons (Fsp3) is 0.389. The van der Waals surface area contributed by atoms with Crippen LogP contribution in [-0.2, 0) is 4.74 Å². The van der Waals surface area contributed by atoms with Gasteiger partial charge in [-0.15, -0.1) is 0 Å². The molecule has 0 unspecified atom stereocenters. The summed E-state index contributed by atoms with van der Waals surface area (Å²) in [6, 6.07) is 9.21. The lowest BCUT2D eigenvalue weighted by Crippen LogP contribution is -2.48. The van der Waals surface area contributed by atoms with Crippen LogP contribution in [0, 0.1) is 6.92 Å². The zero-order valence-corrected chi connectivity index (χ0v) is 13.7. The fourth-order valence-corrected chi connectivity index (χ4v) is 3.00. The van der Waals surface area contributed by atoms with Gasteiger partial charge in [-0.1, -0.05) is 6.07 Å². The van der Waals surface area contributed by atoms with Gasteiger partial charge in [0.1, 0.15) is 5.76 Å². The highest BCUT2D eigenvalue weighted by Gasteiger charge is 2.28. The number of rotatable bonds is 2. The van der Waals surface area contributed by atoms with Crippen molar-refractivity contribution >= 4 is 11.6 Å². The van der Waals surface area contributed by atoms with Crippen LogP contribution in [0.3, 0.4) is 0 Å². The number of hydrogen-bond acceptors (Lipinski definition) is 4. The molecule has 1 saturated heterocycles. The number of carbonyl (C=O) groups is 1. The van der Waals surface area contributed by atoms with Gasteiger partial charge < -0.3 is 19.8 Å². The highest BCUT2D eigenvalue weighted by atomic mass is 16.5. The van der Waals surface area contributed by atoms with Crippen LogP contribution >= 0.6 is 0 Å². The lowest BCUT2D eigenvalue weighted by Gasteiger charge is -2.34. The predicted molar refractivity (Wildman–Crippen MR) is 89.2 cm³/mol. The third kappa shape index (κ3) is 3.24. The van der Waals surface area contributed by atoms with Crippen LogP contribution in [0.1, 0.15) is 30.0 Å². The number of ether oxygens (including phenoxy) is 1. The normalized spacial score (nSPS) is 21.4. The number of furan rings is 1. The van der Waals surface area contributed by atoms with Crippen molar-refractivity contribution in [1.29, 1.82) is 0 Å². The molecule has 2 heterocycles. The third-order valence-corrected chi connectivity index (χ3v) is 4.05. The van der Waals surface area contributed by atoms with Crippen molar-refractivity contribution in [2.24, 2.45) is 0 Å². The predicted octanol–water partition coefficient (Wildman–Crippen LogP) is 3.09. The van der Waals surface area contributed by atoms with Gasteiger partial charge in [-0.25, -0.2) is 0 Å². The number of amides is 1. The van der Waals surface area contributed by atoms with Crippen molar-refractivity contribution in [2.45, 2.75) is 33.0 Å². The standard InChI is InChI=1S/C18H22N2O3/c1-11-4-5-14(19)8-15(11)16-6-7-17(23-16)18(21)20-9-12(2)22-13(3)10-20/h4-8,12-13H,9-10,19H2,1-3H3/t12-,13-/m0/s1. The first-order chi connectivity index (χ1) is 10.9. The summed E-state index contributed by atoms with van der Waals surface area (Å²) in [5.41, 5.74) is 8.49. The number of carbonyl (C=O) groups excluding carboxylic acids is 1. The molecule has 3 rings (SSSR count). The topological polar surface area (TPSA) is 68.7 Å². The van der Waals surface area contributed by atoms with E-state index in [9.17, 15) is 4.79 Å². The lowest BCUT2D eigenvalue weighted by molar-refractivity contribution is -0.0592. The number of nitrogen functional groups attached to an aromatic ring is 1. The van der Waals surface area contributed by atoms with Crippen LogP contribution in [-0.4, -0.2) is 36.1 Å². The van der Waals surface area contributed by atoms with Crippen molar-refractivity contribution in [1.82, 2.24) is 4.90 Å². The molecule has 0 saturated carbocycles.